The van der Waals surface area contributed by atoms with E-state index in [1.807, 2.05) is 21.1 Å². The van der Waals surface area contributed by atoms with Crippen LogP contribution in [0.4, 0.5) is 0 Å². The molecular weight excluding hydrogens is 906 g/mol. The second kappa shape index (κ2) is 53.1. The highest BCUT2D eigenvalue weighted by molar-refractivity contribution is 7.45. The third-order valence-corrected chi connectivity index (χ3v) is 14.4. The van der Waals surface area contributed by atoms with Crippen molar-refractivity contribution in [2.75, 3.05) is 47.5 Å². The van der Waals surface area contributed by atoms with Crippen molar-refractivity contribution in [3.05, 3.63) is 36.5 Å². The molecule has 2 atom stereocenters. The zero-order valence-corrected chi connectivity index (χ0v) is 48.3. The van der Waals surface area contributed by atoms with Crippen LogP contribution in [0.3, 0.4) is 0 Å². The lowest BCUT2D eigenvalue weighted by Crippen LogP contribution is -2.37. The molecule has 0 radical (unpaired) electrons. The number of hydrogen-bond donors (Lipinski definition) is 0. The summed E-state index contributed by atoms with van der Waals surface area (Å²) in [6, 6.07) is 0. The van der Waals surface area contributed by atoms with Crippen molar-refractivity contribution in [2.45, 2.75) is 296 Å². The molecule has 0 saturated carbocycles. The van der Waals surface area contributed by atoms with Crippen LogP contribution in [0, 0.1) is 0 Å². The van der Waals surface area contributed by atoms with Crippen LogP contribution in [0.2, 0.25) is 0 Å². The van der Waals surface area contributed by atoms with Gasteiger partial charge in [-0.1, -0.05) is 269 Å². The van der Waals surface area contributed by atoms with Gasteiger partial charge in [0.25, 0.3) is 7.82 Å². The third kappa shape index (κ3) is 57.4. The van der Waals surface area contributed by atoms with Gasteiger partial charge < -0.3 is 27.9 Å². The number of carbonyl (C=O) groups is 2. The van der Waals surface area contributed by atoms with E-state index in [1.54, 1.807) is 0 Å². The number of phosphoric acid groups is 1. The largest absolute Gasteiger partial charge is 0.756 e. The maximum absolute atomic E-state index is 12.7. The number of unbranched alkanes of at least 4 members (excludes halogenated alkanes) is 36. The van der Waals surface area contributed by atoms with E-state index in [4.69, 9.17) is 18.5 Å². The Morgan fingerprint density at radius 2 is 0.803 bits per heavy atom. The first-order chi connectivity index (χ1) is 34.5. The molecule has 9 nitrogen and oxygen atoms in total. The maximum atomic E-state index is 12.7. The second-order valence-electron chi connectivity index (χ2n) is 21.7. The number of likely N-dealkylation sites (N-methyl/N-ethyl adjacent to an activating group) is 1. The molecule has 0 heterocycles. The standard InChI is InChI=1S/C61H116NO8P/c1-6-8-10-12-14-16-18-20-22-23-24-25-26-27-28-29-30-31-32-33-34-35-36-37-38-40-41-43-45-47-49-51-53-60(63)67-57-59(58-69-71(65,66)68-56-55-62(3,4)5)70-61(64)54-52-50-48-46-44-42-39-21-19-17-15-13-11-9-7-2/h9,11,15,17,21,39,59H,6-8,10,12-14,16,18-20,22-38,40-58H2,1-5H3/b11-9-,17-15-,39-21-. The zero-order valence-electron chi connectivity index (χ0n) is 47.4. The van der Waals surface area contributed by atoms with E-state index < -0.39 is 26.5 Å². The minimum Gasteiger partial charge on any atom is -0.756 e. The summed E-state index contributed by atoms with van der Waals surface area (Å²) in [7, 11) is 1.16. The monoisotopic (exact) mass is 1020 g/mol. The summed E-state index contributed by atoms with van der Waals surface area (Å²) >= 11 is 0. The van der Waals surface area contributed by atoms with Crippen LogP contribution in [0.1, 0.15) is 290 Å². The summed E-state index contributed by atoms with van der Waals surface area (Å²) in [5.74, 6) is -0.842. The molecule has 71 heavy (non-hydrogen) atoms. The fourth-order valence-electron chi connectivity index (χ4n) is 8.79. The van der Waals surface area contributed by atoms with E-state index in [1.165, 1.54) is 186 Å². The Bertz CT molecular complexity index is 1300. The van der Waals surface area contributed by atoms with Crippen molar-refractivity contribution < 1.29 is 42.1 Å². The van der Waals surface area contributed by atoms with Gasteiger partial charge in [-0.3, -0.25) is 14.2 Å². The highest BCUT2D eigenvalue weighted by Crippen LogP contribution is 2.38. The van der Waals surface area contributed by atoms with Crippen LogP contribution in [0.25, 0.3) is 0 Å². The van der Waals surface area contributed by atoms with Gasteiger partial charge in [0, 0.05) is 12.8 Å². The molecule has 0 rings (SSSR count). The fraction of sp³-hybridized carbons (Fsp3) is 0.869. The number of ether oxygens (including phenoxy) is 2. The first-order valence-corrected chi connectivity index (χ1v) is 31.7. The van der Waals surface area contributed by atoms with Crippen LogP contribution >= 0.6 is 7.82 Å². The Hall–Kier alpha value is -1.77. The highest BCUT2D eigenvalue weighted by Gasteiger charge is 2.22. The van der Waals surface area contributed by atoms with Gasteiger partial charge in [0.05, 0.1) is 27.7 Å². The lowest BCUT2D eigenvalue weighted by atomic mass is 10.0. The van der Waals surface area contributed by atoms with Crippen molar-refractivity contribution in [3.63, 3.8) is 0 Å². The van der Waals surface area contributed by atoms with Gasteiger partial charge in [-0.15, -0.1) is 0 Å². The van der Waals surface area contributed by atoms with E-state index in [0.717, 1.165) is 70.6 Å². The summed E-state index contributed by atoms with van der Waals surface area (Å²) in [6.45, 7) is 4.14. The van der Waals surface area contributed by atoms with E-state index >= 15 is 0 Å². The quantitative estimate of drug-likeness (QED) is 0.0195. The van der Waals surface area contributed by atoms with E-state index in [-0.39, 0.29) is 32.0 Å². The molecule has 0 aliphatic heterocycles. The molecule has 0 aliphatic rings. The van der Waals surface area contributed by atoms with Gasteiger partial charge in [-0.05, 0) is 44.9 Å². The molecule has 418 valence electrons. The Kier molecular flexibility index (Phi) is 51.7. The van der Waals surface area contributed by atoms with Gasteiger partial charge in [0.2, 0.25) is 0 Å². The lowest BCUT2D eigenvalue weighted by molar-refractivity contribution is -0.870. The number of esters is 2. The Morgan fingerprint density at radius 1 is 0.451 bits per heavy atom. The van der Waals surface area contributed by atoms with Crippen LogP contribution in [-0.4, -0.2) is 70.0 Å². The van der Waals surface area contributed by atoms with Crippen molar-refractivity contribution in [1.82, 2.24) is 0 Å². The molecule has 0 saturated heterocycles. The Balaban J connectivity index is 3.97. The molecule has 0 fully saturated rings. The van der Waals surface area contributed by atoms with Crippen LogP contribution < -0.4 is 4.89 Å². The summed E-state index contributed by atoms with van der Waals surface area (Å²) in [5.41, 5.74) is 0. The number of carbonyl (C=O) groups excluding carboxylic acids is 2. The third-order valence-electron chi connectivity index (χ3n) is 13.4. The first-order valence-electron chi connectivity index (χ1n) is 30.2. The topological polar surface area (TPSA) is 111 Å². The maximum Gasteiger partial charge on any atom is 0.306 e. The highest BCUT2D eigenvalue weighted by atomic mass is 31.2. The number of nitrogens with zero attached hydrogens (tertiary/aromatic N) is 1. The van der Waals surface area contributed by atoms with E-state index in [2.05, 4.69) is 50.3 Å². The molecular formula is C61H116NO8P. The van der Waals surface area contributed by atoms with Crippen LogP contribution in [0.15, 0.2) is 36.5 Å². The SMILES string of the molecule is CC/C=C\C/C=C\C/C=C\CCCCCCCC(=O)OC(COC(=O)CCCCCCCCCCCCCCCCCCCCCCCCCCCCCCCCCC)COP(=O)([O-])OCC[N+](C)(C)C. The molecule has 0 aromatic rings. The average molecular weight is 1020 g/mol. The molecule has 0 aliphatic carbocycles. The Labute approximate surface area is 440 Å². The minimum absolute atomic E-state index is 0.0335. The number of quaternary nitrogens is 1. The van der Waals surface area contributed by atoms with Crippen LogP contribution in [-0.2, 0) is 32.7 Å². The van der Waals surface area contributed by atoms with Crippen molar-refractivity contribution in [2.24, 2.45) is 0 Å². The molecule has 0 bridgehead atoms. The van der Waals surface area contributed by atoms with E-state index in [0.29, 0.717) is 17.4 Å². The molecule has 0 N–H and O–H groups in total. The van der Waals surface area contributed by atoms with E-state index in [9.17, 15) is 19.0 Å². The molecule has 0 aromatic carbocycles. The summed E-state index contributed by atoms with van der Waals surface area (Å²) in [4.78, 5) is 37.8. The predicted octanol–water partition coefficient (Wildman–Crippen LogP) is 18.1. The van der Waals surface area contributed by atoms with Gasteiger partial charge in [0.15, 0.2) is 6.10 Å². The second-order valence-corrected chi connectivity index (χ2v) is 23.1. The molecule has 2 unspecified atom stereocenters. The predicted molar refractivity (Wildman–Crippen MR) is 301 cm³/mol. The van der Waals surface area contributed by atoms with Gasteiger partial charge in [-0.2, -0.15) is 0 Å². The summed E-state index contributed by atoms with van der Waals surface area (Å²) in [6.07, 6.45) is 65.1. The number of hydrogen-bond acceptors (Lipinski definition) is 8. The fourth-order valence-corrected chi connectivity index (χ4v) is 9.52. The number of allylic oxidation sites excluding steroid dienone is 6. The summed E-state index contributed by atoms with van der Waals surface area (Å²) in [5, 5.41) is 0. The van der Waals surface area contributed by atoms with Crippen molar-refractivity contribution >= 4 is 19.8 Å². The van der Waals surface area contributed by atoms with Crippen LogP contribution in [0.5, 0.6) is 0 Å². The normalized spacial score (nSPS) is 13.5. The van der Waals surface area contributed by atoms with Gasteiger partial charge in [0.1, 0.15) is 19.8 Å². The smallest absolute Gasteiger partial charge is 0.306 e. The van der Waals surface area contributed by atoms with Crippen molar-refractivity contribution in [3.8, 4) is 0 Å². The zero-order chi connectivity index (χ0) is 52.0. The lowest BCUT2D eigenvalue weighted by Gasteiger charge is -2.28. The molecule has 0 amide bonds. The molecule has 10 heteroatoms. The van der Waals surface area contributed by atoms with Gasteiger partial charge >= 0.3 is 11.9 Å². The number of rotatable bonds is 56. The minimum atomic E-state index is -4.64. The molecule has 0 aromatic heterocycles. The molecule has 0 spiro atoms. The van der Waals surface area contributed by atoms with Gasteiger partial charge in [-0.25, -0.2) is 0 Å². The average Bonchev–Trinajstić information content (AvgIpc) is 3.33. The summed E-state index contributed by atoms with van der Waals surface area (Å²) < 4.78 is 34.1. The number of phosphoric ester groups is 1. The first kappa shape index (κ1) is 69.2. The Morgan fingerprint density at radius 3 is 1.20 bits per heavy atom. The van der Waals surface area contributed by atoms with Crippen molar-refractivity contribution in [1.29, 1.82) is 0 Å².